The topological polar surface area (TPSA) is 70.0 Å². The summed E-state index contributed by atoms with van der Waals surface area (Å²) < 4.78 is 0.480. The number of halogens is 2. The molecule has 1 atom stereocenters. The molecule has 0 amide bonds. The molecule has 0 aliphatic heterocycles. The van der Waals surface area contributed by atoms with Crippen molar-refractivity contribution in [2.75, 3.05) is 0 Å². The highest BCUT2D eigenvalue weighted by atomic mass is 79.9. The van der Waals surface area contributed by atoms with E-state index in [1.54, 1.807) is 12.1 Å². The molecule has 0 aliphatic rings. The molecule has 0 radical (unpaired) electrons. The van der Waals surface area contributed by atoms with Gasteiger partial charge in [0.05, 0.1) is 17.0 Å². The fourth-order valence-electron chi connectivity index (χ4n) is 1.08. The van der Waals surface area contributed by atoms with Crippen LogP contribution in [0, 0.1) is 11.3 Å². The Morgan fingerprint density at radius 3 is 2.86 bits per heavy atom. The second-order valence-corrected chi connectivity index (χ2v) is 4.08. The molecule has 0 aromatic heterocycles. The summed E-state index contributed by atoms with van der Waals surface area (Å²) in [5.41, 5.74) is 6.16. The number of nitriles is 1. The minimum Gasteiger partial charge on any atom is -0.506 e. The van der Waals surface area contributed by atoms with E-state index in [4.69, 9.17) is 22.6 Å². The fraction of sp³-hybridized carbons (Fsp3) is 0.222. The molecule has 74 valence electrons. The molecule has 1 unspecified atom stereocenters. The van der Waals surface area contributed by atoms with Crippen LogP contribution in [0.5, 0.6) is 5.75 Å². The van der Waals surface area contributed by atoms with Gasteiger partial charge in [0.15, 0.2) is 0 Å². The zero-order valence-corrected chi connectivity index (χ0v) is 9.51. The van der Waals surface area contributed by atoms with Gasteiger partial charge < -0.3 is 10.8 Å². The van der Waals surface area contributed by atoms with Gasteiger partial charge in [-0.1, -0.05) is 11.6 Å². The molecule has 5 heteroatoms. The minimum atomic E-state index is -0.519. The summed E-state index contributed by atoms with van der Waals surface area (Å²) in [6, 6.07) is 4.55. The first-order valence-corrected chi connectivity index (χ1v) is 5.03. The van der Waals surface area contributed by atoms with Crippen LogP contribution >= 0.6 is 27.5 Å². The summed E-state index contributed by atoms with van der Waals surface area (Å²) in [4.78, 5) is 0. The Kier molecular flexibility index (Phi) is 3.76. The summed E-state index contributed by atoms with van der Waals surface area (Å²) in [6.07, 6.45) is 0.139. The number of rotatable bonds is 2. The first-order chi connectivity index (χ1) is 6.56. The molecule has 0 heterocycles. The van der Waals surface area contributed by atoms with E-state index in [1.807, 2.05) is 6.07 Å². The summed E-state index contributed by atoms with van der Waals surface area (Å²) in [6.45, 7) is 0. The zero-order valence-electron chi connectivity index (χ0n) is 7.17. The van der Waals surface area contributed by atoms with Crippen molar-refractivity contribution in [3.8, 4) is 11.8 Å². The SMILES string of the molecule is N#CCC(N)c1cc(Cl)cc(Br)c1O. The first-order valence-electron chi connectivity index (χ1n) is 3.86. The van der Waals surface area contributed by atoms with Gasteiger partial charge in [-0.3, -0.25) is 0 Å². The van der Waals surface area contributed by atoms with Crippen molar-refractivity contribution in [1.29, 1.82) is 5.26 Å². The quantitative estimate of drug-likeness (QED) is 0.872. The fourth-order valence-corrected chi connectivity index (χ4v) is 1.91. The summed E-state index contributed by atoms with van der Waals surface area (Å²) >= 11 is 8.93. The lowest BCUT2D eigenvalue weighted by molar-refractivity contribution is 0.458. The van der Waals surface area contributed by atoms with Gasteiger partial charge in [-0.05, 0) is 28.1 Å². The van der Waals surface area contributed by atoms with Gasteiger partial charge in [0.1, 0.15) is 5.75 Å². The third-order valence-corrected chi connectivity index (χ3v) is 2.59. The standard InChI is InChI=1S/C9H8BrClN2O/c10-7-4-5(11)3-6(9(7)14)8(13)1-2-12/h3-4,8,14H,1,13H2. The number of benzene rings is 1. The molecule has 1 aromatic rings. The number of aromatic hydroxyl groups is 1. The molecule has 1 rings (SSSR count). The van der Waals surface area contributed by atoms with Crippen LogP contribution in [0.4, 0.5) is 0 Å². The molecule has 0 saturated carbocycles. The third kappa shape index (κ3) is 2.38. The molecule has 3 N–H and O–H groups in total. The summed E-state index contributed by atoms with van der Waals surface area (Å²) in [5, 5.41) is 18.6. The van der Waals surface area contributed by atoms with Gasteiger partial charge >= 0.3 is 0 Å². The van der Waals surface area contributed by atoms with Crippen molar-refractivity contribution in [2.24, 2.45) is 5.73 Å². The van der Waals surface area contributed by atoms with Crippen LogP contribution in [0.2, 0.25) is 5.02 Å². The van der Waals surface area contributed by atoms with Gasteiger partial charge in [-0.25, -0.2) is 0 Å². The molecule has 0 fully saturated rings. The Labute approximate surface area is 95.2 Å². The summed E-state index contributed by atoms with van der Waals surface area (Å²) in [5.74, 6) is 0.0390. The maximum Gasteiger partial charge on any atom is 0.134 e. The lowest BCUT2D eigenvalue weighted by atomic mass is 10.0. The van der Waals surface area contributed by atoms with Crippen molar-refractivity contribution >= 4 is 27.5 Å². The van der Waals surface area contributed by atoms with Crippen molar-refractivity contribution < 1.29 is 5.11 Å². The van der Waals surface area contributed by atoms with Gasteiger partial charge in [0.2, 0.25) is 0 Å². The molecule has 1 aromatic carbocycles. The van der Waals surface area contributed by atoms with Gasteiger partial charge in [-0.2, -0.15) is 5.26 Å². The highest BCUT2D eigenvalue weighted by Crippen LogP contribution is 2.35. The van der Waals surface area contributed by atoms with Crippen molar-refractivity contribution in [3.05, 3.63) is 27.2 Å². The van der Waals surface area contributed by atoms with E-state index in [2.05, 4.69) is 15.9 Å². The average Bonchev–Trinajstić information content (AvgIpc) is 2.11. The second kappa shape index (κ2) is 4.65. The van der Waals surface area contributed by atoms with Crippen molar-refractivity contribution in [3.63, 3.8) is 0 Å². The zero-order chi connectivity index (χ0) is 10.7. The number of phenols is 1. The monoisotopic (exact) mass is 274 g/mol. The molecule has 3 nitrogen and oxygen atoms in total. The Balaban J connectivity index is 3.14. The maximum atomic E-state index is 9.62. The Hall–Kier alpha value is -0.760. The molecular weight excluding hydrogens is 267 g/mol. The van der Waals surface area contributed by atoms with E-state index in [-0.39, 0.29) is 12.2 Å². The van der Waals surface area contributed by atoms with Crippen LogP contribution in [0.15, 0.2) is 16.6 Å². The van der Waals surface area contributed by atoms with Crippen LogP contribution in [0.1, 0.15) is 18.0 Å². The van der Waals surface area contributed by atoms with Crippen LogP contribution < -0.4 is 5.73 Å². The number of nitrogens with two attached hydrogens (primary N) is 1. The van der Waals surface area contributed by atoms with E-state index in [0.29, 0.717) is 15.1 Å². The normalized spacial score (nSPS) is 12.1. The second-order valence-electron chi connectivity index (χ2n) is 2.79. The summed E-state index contributed by atoms with van der Waals surface area (Å²) in [7, 11) is 0. The maximum absolute atomic E-state index is 9.62. The van der Waals surface area contributed by atoms with Crippen LogP contribution in [-0.2, 0) is 0 Å². The smallest absolute Gasteiger partial charge is 0.134 e. The van der Waals surface area contributed by atoms with Gasteiger partial charge in [-0.15, -0.1) is 0 Å². The lowest BCUT2D eigenvalue weighted by Gasteiger charge is -2.11. The average molecular weight is 276 g/mol. The molecule has 14 heavy (non-hydrogen) atoms. The third-order valence-electron chi connectivity index (χ3n) is 1.77. The largest absolute Gasteiger partial charge is 0.506 e. The molecule has 0 saturated heterocycles. The van der Waals surface area contributed by atoms with Crippen molar-refractivity contribution in [2.45, 2.75) is 12.5 Å². The van der Waals surface area contributed by atoms with Crippen LogP contribution in [-0.4, -0.2) is 5.11 Å². The van der Waals surface area contributed by atoms with E-state index < -0.39 is 6.04 Å². The minimum absolute atomic E-state index is 0.0390. The molecule has 0 bridgehead atoms. The Morgan fingerprint density at radius 1 is 1.64 bits per heavy atom. The van der Waals surface area contributed by atoms with E-state index in [9.17, 15) is 5.11 Å². The van der Waals surface area contributed by atoms with E-state index in [0.717, 1.165) is 0 Å². The van der Waals surface area contributed by atoms with Crippen molar-refractivity contribution in [1.82, 2.24) is 0 Å². The number of phenolic OH excluding ortho intramolecular Hbond substituents is 1. The number of hydrogen-bond acceptors (Lipinski definition) is 3. The van der Waals surface area contributed by atoms with Gasteiger partial charge in [0.25, 0.3) is 0 Å². The van der Waals surface area contributed by atoms with Gasteiger partial charge in [0, 0.05) is 16.6 Å². The van der Waals surface area contributed by atoms with Crippen LogP contribution in [0.3, 0.4) is 0 Å². The molecule has 0 aliphatic carbocycles. The highest BCUT2D eigenvalue weighted by Gasteiger charge is 2.14. The molecule has 0 spiro atoms. The lowest BCUT2D eigenvalue weighted by Crippen LogP contribution is -2.09. The van der Waals surface area contributed by atoms with Crippen LogP contribution in [0.25, 0.3) is 0 Å². The predicted octanol–water partition coefficient (Wildman–Crippen LogP) is 2.72. The van der Waals surface area contributed by atoms with E-state index in [1.165, 1.54) is 0 Å². The Bertz CT molecular complexity index is 389. The number of hydrogen-bond donors (Lipinski definition) is 2. The predicted molar refractivity (Wildman–Crippen MR) is 58.0 cm³/mol. The highest BCUT2D eigenvalue weighted by molar-refractivity contribution is 9.10. The molecular formula is C9H8BrClN2O. The number of nitrogens with zero attached hydrogens (tertiary/aromatic N) is 1. The van der Waals surface area contributed by atoms with E-state index >= 15 is 0 Å². The Morgan fingerprint density at radius 2 is 2.29 bits per heavy atom. The first kappa shape index (κ1) is 11.3.